The van der Waals surface area contributed by atoms with E-state index in [1.54, 1.807) is 13.1 Å². The molecule has 4 heterocycles. The van der Waals surface area contributed by atoms with Gasteiger partial charge in [-0.15, -0.1) is 0 Å². The molecule has 4 rings (SSSR count). The highest BCUT2D eigenvalue weighted by atomic mass is 16.1. The molecule has 1 saturated heterocycles. The lowest BCUT2D eigenvalue weighted by Crippen LogP contribution is -2.38. The summed E-state index contributed by atoms with van der Waals surface area (Å²) in [5.41, 5.74) is 3.21. The van der Waals surface area contributed by atoms with E-state index in [0.29, 0.717) is 17.4 Å². The van der Waals surface area contributed by atoms with Crippen LogP contribution in [0.1, 0.15) is 29.8 Å². The maximum Gasteiger partial charge on any atom is 0.254 e. The molecule has 0 atom stereocenters. The Morgan fingerprint density at radius 3 is 2.62 bits per heavy atom. The Labute approximate surface area is 170 Å². The predicted octanol–water partition coefficient (Wildman–Crippen LogP) is 2.92. The fourth-order valence-corrected chi connectivity index (χ4v) is 3.57. The van der Waals surface area contributed by atoms with Gasteiger partial charge in [-0.05, 0) is 51.0 Å². The van der Waals surface area contributed by atoms with E-state index in [4.69, 9.17) is 0 Å². The Morgan fingerprint density at radius 2 is 1.97 bits per heavy atom. The van der Waals surface area contributed by atoms with Crippen molar-refractivity contribution in [3.63, 3.8) is 0 Å². The topological polar surface area (TPSA) is 86.8 Å². The first-order chi connectivity index (χ1) is 14.1. The van der Waals surface area contributed by atoms with Crippen molar-refractivity contribution in [2.24, 2.45) is 0 Å². The molecule has 0 aliphatic carbocycles. The van der Waals surface area contributed by atoms with E-state index in [1.165, 1.54) is 0 Å². The molecule has 0 saturated carbocycles. The highest BCUT2D eigenvalue weighted by Gasteiger charge is 2.19. The zero-order valence-electron chi connectivity index (χ0n) is 16.9. The number of nitrogens with zero attached hydrogens (tertiary/aromatic N) is 4. The van der Waals surface area contributed by atoms with Crippen LogP contribution in [-0.2, 0) is 6.54 Å². The van der Waals surface area contributed by atoms with E-state index in [0.717, 1.165) is 55.2 Å². The van der Waals surface area contributed by atoms with Crippen LogP contribution < -0.4 is 10.9 Å². The molecular formula is C22H26N6O. The van der Waals surface area contributed by atoms with Crippen LogP contribution in [-0.4, -0.2) is 44.0 Å². The van der Waals surface area contributed by atoms with Gasteiger partial charge in [0.05, 0.1) is 5.69 Å². The van der Waals surface area contributed by atoms with Crippen LogP contribution >= 0.6 is 0 Å². The smallest absolute Gasteiger partial charge is 0.254 e. The molecule has 0 amide bonds. The highest BCUT2D eigenvalue weighted by Crippen LogP contribution is 2.19. The van der Waals surface area contributed by atoms with E-state index in [9.17, 15) is 4.79 Å². The summed E-state index contributed by atoms with van der Waals surface area (Å²) in [5.74, 6) is 1.41. The standard InChI is InChI=1S/C22H26N6O/c1-15-16(2)25-21(27-22(15)29)17-6-7-20(24-13-17)26-18-8-11-28(12-9-18)14-19-5-3-4-10-23-19/h3-7,10,13,18H,8-9,11-12,14H2,1-2H3,(H,24,26)(H,25,27,29). The van der Waals surface area contributed by atoms with Crippen LogP contribution in [0.25, 0.3) is 11.4 Å². The third kappa shape index (κ3) is 4.68. The van der Waals surface area contributed by atoms with Crippen molar-refractivity contribution in [3.05, 3.63) is 70.0 Å². The van der Waals surface area contributed by atoms with Gasteiger partial charge in [-0.3, -0.25) is 14.7 Å². The summed E-state index contributed by atoms with van der Waals surface area (Å²) in [4.78, 5) is 30.6. The molecule has 1 fully saturated rings. The first-order valence-electron chi connectivity index (χ1n) is 10.0. The van der Waals surface area contributed by atoms with Crippen molar-refractivity contribution in [1.29, 1.82) is 0 Å². The largest absolute Gasteiger partial charge is 0.367 e. The number of hydrogen-bond acceptors (Lipinski definition) is 6. The average molecular weight is 390 g/mol. The summed E-state index contributed by atoms with van der Waals surface area (Å²) in [6.45, 7) is 6.61. The van der Waals surface area contributed by atoms with Crippen molar-refractivity contribution in [1.82, 2.24) is 24.8 Å². The molecule has 29 heavy (non-hydrogen) atoms. The fraction of sp³-hybridized carbons (Fsp3) is 0.364. The van der Waals surface area contributed by atoms with Crippen LogP contribution in [0.4, 0.5) is 5.82 Å². The third-order valence-electron chi connectivity index (χ3n) is 5.48. The number of piperidine rings is 1. The van der Waals surface area contributed by atoms with Gasteiger partial charge in [-0.25, -0.2) is 9.97 Å². The molecule has 0 radical (unpaired) electrons. The lowest BCUT2D eigenvalue weighted by Gasteiger charge is -2.32. The van der Waals surface area contributed by atoms with Gasteiger partial charge in [0.2, 0.25) is 0 Å². The molecule has 150 valence electrons. The molecule has 2 N–H and O–H groups in total. The van der Waals surface area contributed by atoms with Crippen LogP contribution in [0.15, 0.2) is 47.5 Å². The quantitative estimate of drug-likeness (QED) is 0.697. The van der Waals surface area contributed by atoms with Crippen molar-refractivity contribution < 1.29 is 0 Å². The molecule has 3 aromatic heterocycles. The maximum absolute atomic E-state index is 12.0. The van der Waals surface area contributed by atoms with Crippen molar-refractivity contribution >= 4 is 5.82 Å². The molecule has 3 aromatic rings. The van der Waals surface area contributed by atoms with Gasteiger partial charge in [0.25, 0.3) is 5.56 Å². The number of anilines is 1. The minimum atomic E-state index is -0.104. The average Bonchev–Trinajstić information content (AvgIpc) is 2.74. The minimum Gasteiger partial charge on any atom is -0.367 e. The van der Waals surface area contributed by atoms with Crippen LogP contribution in [0.5, 0.6) is 0 Å². The lowest BCUT2D eigenvalue weighted by molar-refractivity contribution is 0.209. The van der Waals surface area contributed by atoms with Gasteiger partial charge in [0.1, 0.15) is 11.6 Å². The molecule has 1 aliphatic heterocycles. The van der Waals surface area contributed by atoms with Crippen LogP contribution in [0.2, 0.25) is 0 Å². The summed E-state index contributed by atoms with van der Waals surface area (Å²) in [6.07, 6.45) is 5.75. The highest BCUT2D eigenvalue weighted by molar-refractivity contribution is 5.56. The normalized spacial score (nSPS) is 15.4. The molecule has 1 aliphatic rings. The number of rotatable bonds is 5. The molecule has 0 unspecified atom stereocenters. The third-order valence-corrected chi connectivity index (χ3v) is 5.48. The second kappa shape index (κ2) is 8.53. The summed E-state index contributed by atoms with van der Waals surface area (Å²) in [6, 6.07) is 10.4. The first kappa shape index (κ1) is 19.3. The number of likely N-dealkylation sites (tertiary alicyclic amines) is 1. The number of H-pyrrole nitrogens is 1. The van der Waals surface area contributed by atoms with Gasteiger partial charge in [-0.1, -0.05) is 6.07 Å². The molecule has 7 heteroatoms. The minimum absolute atomic E-state index is 0.104. The van der Waals surface area contributed by atoms with Crippen molar-refractivity contribution in [2.45, 2.75) is 39.3 Å². The SMILES string of the molecule is Cc1nc(-c2ccc(NC3CCN(Cc4ccccn4)CC3)nc2)[nH]c(=O)c1C. The number of hydrogen-bond donors (Lipinski definition) is 2. The zero-order valence-corrected chi connectivity index (χ0v) is 16.9. The second-order valence-electron chi connectivity index (χ2n) is 7.57. The first-order valence-corrected chi connectivity index (χ1v) is 10.0. The van der Waals surface area contributed by atoms with E-state index < -0.39 is 0 Å². The fourth-order valence-electron chi connectivity index (χ4n) is 3.57. The van der Waals surface area contributed by atoms with Gasteiger partial charge in [0.15, 0.2) is 0 Å². The predicted molar refractivity (Wildman–Crippen MR) is 114 cm³/mol. The Bertz CT molecular complexity index is 1010. The lowest BCUT2D eigenvalue weighted by atomic mass is 10.0. The molecular weight excluding hydrogens is 364 g/mol. The van der Waals surface area contributed by atoms with Crippen LogP contribution in [0, 0.1) is 13.8 Å². The van der Waals surface area contributed by atoms with E-state index in [-0.39, 0.29) is 5.56 Å². The molecule has 0 aromatic carbocycles. The summed E-state index contributed by atoms with van der Waals surface area (Å²) in [5, 5.41) is 3.53. The number of aromatic nitrogens is 4. The maximum atomic E-state index is 12.0. The number of pyridine rings is 2. The molecule has 7 nitrogen and oxygen atoms in total. The monoisotopic (exact) mass is 390 g/mol. The Morgan fingerprint density at radius 1 is 1.14 bits per heavy atom. The number of aryl methyl sites for hydroxylation is 1. The van der Waals surface area contributed by atoms with Gasteiger partial charge in [-0.2, -0.15) is 0 Å². The molecule has 0 spiro atoms. The van der Waals surface area contributed by atoms with E-state index in [2.05, 4.69) is 36.2 Å². The van der Waals surface area contributed by atoms with Gasteiger partial charge < -0.3 is 10.3 Å². The Balaban J connectivity index is 1.33. The van der Waals surface area contributed by atoms with Gasteiger partial charge >= 0.3 is 0 Å². The Hall–Kier alpha value is -3.06. The summed E-state index contributed by atoms with van der Waals surface area (Å²) >= 11 is 0. The van der Waals surface area contributed by atoms with Crippen LogP contribution in [0.3, 0.4) is 0 Å². The van der Waals surface area contributed by atoms with Crippen molar-refractivity contribution in [2.75, 3.05) is 18.4 Å². The number of nitrogens with one attached hydrogen (secondary N) is 2. The summed E-state index contributed by atoms with van der Waals surface area (Å²) in [7, 11) is 0. The zero-order chi connectivity index (χ0) is 20.2. The number of aromatic amines is 1. The van der Waals surface area contributed by atoms with Crippen molar-refractivity contribution in [3.8, 4) is 11.4 Å². The molecule has 0 bridgehead atoms. The summed E-state index contributed by atoms with van der Waals surface area (Å²) < 4.78 is 0. The van der Waals surface area contributed by atoms with E-state index in [1.807, 2.05) is 37.4 Å². The second-order valence-corrected chi connectivity index (χ2v) is 7.57. The Kier molecular flexibility index (Phi) is 5.67. The van der Waals surface area contributed by atoms with Gasteiger partial charge in [0, 0.05) is 54.9 Å². The van der Waals surface area contributed by atoms with E-state index >= 15 is 0 Å².